The van der Waals surface area contributed by atoms with Gasteiger partial charge in [-0.2, -0.15) is 0 Å². The van der Waals surface area contributed by atoms with Gasteiger partial charge in [0.05, 0.1) is 6.61 Å². The SMILES string of the molecule is O=C(COc1ccc(OCc2ccccc2)cc1)OCCc1ccccc1. The maximum absolute atomic E-state index is 11.8. The molecule has 0 bridgehead atoms. The highest BCUT2D eigenvalue weighted by atomic mass is 16.6. The molecule has 0 unspecified atom stereocenters. The predicted octanol–water partition coefficient (Wildman–Crippen LogP) is 4.43. The van der Waals surface area contributed by atoms with E-state index >= 15 is 0 Å². The molecule has 0 heterocycles. The third kappa shape index (κ3) is 6.51. The largest absolute Gasteiger partial charge is 0.489 e. The molecule has 138 valence electrons. The fraction of sp³-hybridized carbons (Fsp3) is 0.174. The van der Waals surface area contributed by atoms with E-state index in [4.69, 9.17) is 14.2 Å². The van der Waals surface area contributed by atoms with Crippen molar-refractivity contribution < 1.29 is 19.0 Å². The molecule has 0 fully saturated rings. The Kier molecular flexibility index (Phi) is 6.87. The first-order valence-electron chi connectivity index (χ1n) is 8.89. The van der Waals surface area contributed by atoms with Crippen LogP contribution in [0, 0.1) is 0 Å². The summed E-state index contributed by atoms with van der Waals surface area (Å²) in [6.45, 7) is 0.742. The normalized spacial score (nSPS) is 10.2. The van der Waals surface area contributed by atoms with Gasteiger partial charge in [-0.15, -0.1) is 0 Å². The van der Waals surface area contributed by atoms with E-state index in [0.717, 1.165) is 16.9 Å². The van der Waals surface area contributed by atoms with Crippen molar-refractivity contribution in [2.24, 2.45) is 0 Å². The van der Waals surface area contributed by atoms with E-state index in [-0.39, 0.29) is 12.6 Å². The summed E-state index contributed by atoms with van der Waals surface area (Å²) >= 11 is 0. The lowest BCUT2D eigenvalue weighted by Gasteiger charge is -2.09. The second kappa shape index (κ2) is 10.0. The summed E-state index contributed by atoms with van der Waals surface area (Å²) in [6, 6.07) is 27.1. The van der Waals surface area contributed by atoms with Crippen LogP contribution in [0.5, 0.6) is 11.5 Å². The van der Waals surface area contributed by atoms with E-state index < -0.39 is 0 Å². The van der Waals surface area contributed by atoms with Gasteiger partial charge < -0.3 is 14.2 Å². The highest BCUT2D eigenvalue weighted by Crippen LogP contribution is 2.18. The molecule has 0 saturated carbocycles. The van der Waals surface area contributed by atoms with Crippen LogP contribution in [0.3, 0.4) is 0 Å². The number of benzene rings is 3. The Bertz CT molecular complexity index is 814. The summed E-state index contributed by atoms with van der Waals surface area (Å²) in [6.07, 6.45) is 0.694. The molecule has 3 rings (SSSR count). The molecular weight excluding hydrogens is 340 g/mol. The summed E-state index contributed by atoms with van der Waals surface area (Å²) in [5, 5.41) is 0. The van der Waals surface area contributed by atoms with Crippen LogP contribution in [0.25, 0.3) is 0 Å². The molecule has 0 saturated heterocycles. The molecule has 27 heavy (non-hydrogen) atoms. The Morgan fingerprint density at radius 3 is 1.85 bits per heavy atom. The first kappa shape index (κ1) is 18.5. The summed E-state index contributed by atoms with van der Waals surface area (Å²) in [7, 11) is 0. The Balaban J connectivity index is 1.36. The predicted molar refractivity (Wildman–Crippen MR) is 104 cm³/mol. The van der Waals surface area contributed by atoms with Gasteiger partial charge in [0, 0.05) is 6.42 Å². The van der Waals surface area contributed by atoms with Crippen LogP contribution in [-0.2, 0) is 22.6 Å². The first-order chi connectivity index (χ1) is 13.3. The Hall–Kier alpha value is -3.27. The fourth-order valence-corrected chi connectivity index (χ4v) is 2.48. The third-order valence-corrected chi connectivity index (χ3v) is 3.93. The van der Waals surface area contributed by atoms with Crippen LogP contribution in [0.4, 0.5) is 0 Å². The van der Waals surface area contributed by atoms with Gasteiger partial charge in [0.1, 0.15) is 18.1 Å². The fourth-order valence-electron chi connectivity index (χ4n) is 2.48. The number of esters is 1. The first-order valence-corrected chi connectivity index (χ1v) is 8.89. The Morgan fingerprint density at radius 2 is 1.22 bits per heavy atom. The molecule has 0 aromatic heterocycles. The van der Waals surface area contributed by atoms with Gasteiger partial charge in [0.25, 0.3) is 0 Å². The van der Waals surface area contributed by atoms with Crippen LogP contribution in [-0.4, -0.2) is 19.2 Å². The molecule has 3 aromatic rings. The maximum atomic E-state index is 11.8. The molecule has 0 spiro atoms. The minimum atomic E-state index is -0.379. The van der Waals surface area contributed by atoms with E-state index in [2.05, 4.69) is 0 Å². The number of carbonyl (C=O) groups is 1. The summed E-state index contributed by atoms with van der Waals surface area (Å²) in [5.41, 5.74) is 2.24. The van der Waals surface area contributed by atoms with Crippen LogP contribution < -0.4 is 9.47 Å². The zero-order chi connectivity index (χ0) is 18.7. The number of hydrogen-bond acceptors (Lipinski definition) is 4. The number of ether oxygens (including phenoxy) is 3. The monoisotopic (exact) mass is 362 g/mol. The van der Waals surface area contributed by atoms with Crippen molar-refractivity contribution in [1.29, 1.82) is 0 Å². The van der Waals surface area contributed by atoms with Crippen molar-refractivity contribution in [2.45, 2.75) is 13.0 Å². The van der Waals surface area contributed by atoms with Crippen LogP contribution in [0.15, 0.2) is 84.9 Å². The van der Waals surface area contributed by atoms with Gasteiger partial charge in [0.2, 0.25) is 0 Å². The van der Waals surface area contributed by atoms with E-state index in [1.165, 1.54) is 0 Å². The van der Waals surface area contributed by atoms with Gasteiger partial charge in [-0.1, -0.05) is 60.7 Å². The lowest BCUT2D eigenvalue weighted by molar-refractivity contribution is -0.145. The highest BCUT2D eigenvalue weighted by Gasteiger charge is 2.05. The molecular formula is C23H22O4. The number of hydrogen-bond donors (Lipinski definition) is 0. The smallest absolute Gasteiger partial charge is 0.344 e. The molecule has 3 aromatic carbocycles. The Labute approximate surface area is 159 Å². The molecule has 4 nitrogen and oxygen atoms in total. The third-order valence-electron chi connectivity index (χ3n) is 3.93. The van der Waals surface area contributed by atoms with Crippen LogP contribution in [0.2, 0.25) is 0 Å². The van der Waals surface area contributed by atoms with Gasteiger partial charge in [-0.05, 0) is 35.4 Å². The summed E-state index contributed by atoms with van der Waals surface area (Å²) in [5.74, 6) is 0.967. The van der Waals surface area contributed by atoms with Crippen LogP contribution >= 0.6 is 0 Å². The van der Waals surface area contributed by atoms with Crippen molar-refractivity contribution in [1.82, 2.24) is 0 Å². The molecule has 0 N–H and O–H groups in total. The quantitative estimate of drug-likeness (QED) is 0.528. The molecule has 0 radical (unpaired) electrons. The molecule has 0 aliphatic rings. The zero-order valence-corrected chi connectivity index (χ0v) is 15.0. The van der Waals surface area contributed by atoms with Crippen molar-refractivity contribution in [3.63, 3.8) is 0 Å². The van der Waals surface area contributed by atoms with E-state index in [1.807, 2.05) is 72.8 Å². The van der Waals surface area contributed by atoms with Gasteiger partial charge >= 0.3 is 5.97 Å². The second-order valence-electron chi connectivity index (χ2n) is 5.99. The van der Waals surface area contributed by atoms with E-state index in [0.29, 0.717) is 25.4 Å². The van der Waals surface area contributed by atoms with Crippen molar-refractivity contribution >= 4 is 5.97 Å². The number of rotatable bonds is 9. The average Bonchev–Trinajstić information content (AvgIpc) is 2.73. The summed E-state index contributed by atoms with van der Waals surface area (Å²) in [4.78, 5) is 11.8. The van der Waals surface area contributed by atoms with E-state index in [9.17, 15) is 4.79 Å². The maximum Gasteiger partial charge on any atom is 0.344 e. The number of carbonyl (C=O) groups excluding carboxylic acids is 1. The van der Waals surface area contributed by atoms with Crippen molar-refractivity contribution in [3.8, 4) is 11.5 Å². The average molecular weight is 362 g/mol. The van der Waals surface area contributed by atoms with E-state index in [1.54, 1.807) is 12.1 Å². The lowest BCUT2D eigenvalue weighted by atomic mass is 10.2. The lowest BCUT2D eigenvalue weighted by Crippen LogP contribution is -2.16. The standard InChI is InChI=1S/C23H22O4/c24-23(25-16-15-19-7-3-1-4-8-19)18-27-22-13-11-21(12-14-22)26-17-20-9-5-2-6-10-20/h1-14H,15-18H2. The van der Waals surface area contributed by atoms with Gasteiger partial charge in [-0.25, -0.2) is 4.79 Å². The van der Waals surface area contributed by atoms with Gasteiger partial charge in [0.15, 0.2) is 6.61 Å². The molecule has 0 amide bonds. The Morgan fingerprint density at radius 1 is 0.667 bits per heavy atom. The highest BCUT2D eigenvalue weighted by molar-refractivity contribution is 5.71. The molecule has 0 atom stereocenters. The molecule has 0 aliphatic carbocycles. The van der Waals surface area contributed by atoms with Crippen molar-refractivity contribution in [3.05, 3.63) is 96.1 Å². The van der Waals surface area contributed by atoms with Gasteiger partial charge in [-0.3, -0.25) is 0 Å². The molecule has 4 heteroatoms. The van der Waals surface area contributed by atoms with Crippen molar-refractivity contribution in [2.75, 3.05) is 13.2 Å². The minimum absolute atomic E-state index is 0.112. The zero-order valence-electron chi connectivity index (χ0n) is 15.0. The van der Waals surface area contributed by atoms with Crippen LogP contribution in [0.1, 0.15) is 11.1 Å². The molecule has 0 aliphatic heterocycles. The second-order valence-corrected chi connectivity index (χ2v) is 5.99. The summed E-state index contributed by atoms with van der Waals surface area (Å²) < 4.78 is 16.4. The topological polar surface area (TPSA) is 44.8 Å². The minimum Gasteiger partial charge on any atom is -0.489 e.